The number of hydrogen-bond donors (Lipinski definition) is 3. The lowest BCUT2D eigenvalue weighted by Crippen LogP contribution is -2.53. The van der Waals surface area contributed by atoms with Gasteiger partial charge in [0.2, 0.25) is 39.2 Å². The van der Waals surface area contributed by atoms with Gasteiger partial charge in [0.1, 0.15) is 16.5 Å². The van der Waals surface area contributed by atoms with Gasteiger partial charge in [-0.25, -0.2) is 22.2 Å². The van der Waals surface area contributed by atoms with Gasteiger partial charge < -0.3 is 73.4 Å². The Hall–Kier alpha value is -5.93. The largest absolute Gasteiger partial charge is 0.420 e. The first-order valence-electron chi connectivity index (χ1n) is 31.0. The molecular formula is C63H91F4N7O17S. The highest BCUT2D eigenvalue weighted by atomic mass is 32.2. The van der Waals surface area contributed by atoms with Crippen molar-refractivity contribution in [2.75, 3.05) is 178 Å². The molecule has 1 saturated heterocycles. The van der Waals surface area contributed by atoms with E-state index in [-0.39, 0.29) is 98.1 Å². The number of carbonyl (C=O) groups is 4. The highest BCUT2D eigenvalue weighted by molar-refractivity contribution is 7.89. The number of nitrogens with one attached hydrogen (secondary N) is 2. The summed E-state index contributed by atoms with van der Waals surface area (Å²) in [6, 6.07) is 7.08. The van der Waals surface area contributed by atoms with Crippen LogP contribution in [0.5, 0.6) is 5.75 Å². The standard InChI is InChI=1S/C63H91F4N7O17S/c1-5-12-73(13-6-11-71-57(76)39-63(2,3)4)62(78)49-34-48-8-7-47(36-55(48)72-56(68)37-49)50-35-52(43-70-41-50)92(79,80)74-44-46(45-74)40-69-42-51(75)9-14-81-16-18-83-20-22-85-24-26-87-28-30-89-32-33-90-31-29-88-27-25-86-23-21-84-19-17-82-15-10-58(77)91-61-59(66)53(64)38-54(65)60(61)67/h7-8,34-36,38,41,43,46,69H,5-6,9-33,37,39-40,42,44-45H2,1-4H3,(H2,68,72)(H,71,76). The van der Waals surface area contributed by atoms with E-state index in [0.29, 0.717) is 179 Å². The molecule has 514 valence electrons. The van der Waals surface area contributed by atoms with Gasteiger partial charge in [-0.2, -0.15) is 13.1 Å². The molecule has 0 atom stereocenters. The molecule has 3 aromatic rings. The highest BCUT2D eigenvalue weighted by Crippen LogP contribution is 2.34. The third-order valence-electron chi connectivity index (χ3n) is 13.6. The first kappa shape index (κ1) is 76.8. The Bertz CT molecular complexity index is 2910. The van der Waals surface area contributed by atoms with Gasteiger partial charge in [-0.15, -0.1) is 0 Å². The zero-order valence-corrected chi connectivity index (χ0v) is 54.1. The summed E-state index contributed by atoms with van der Waals surface area (Å²) in [5, 5.41) is 6.10. The van der Waals surface area contributed by atoms with Gasteiger partial charge in [-0.05, 0) is 47.9 Å². The molecule has 0 unspecified atom stereocenters. The van der Waals surface area contributed by atoms with E-state index in [0.717, 1.165) is 6.42 Å². The van der Waals surface area contributed by atoms with Gasteiger partial charge in [0.15, 0.2) is 11.6 Å². The van der Waals surface area contributed by atoms with Crippen LogP contribution in [0.25, 0.3) is 17.2 Å². The van der Waals surface area contributed by atoms with Crippen molar-refractivity contribution >= 4 is 51.2 Å². The molecule has 0 bridgehead atoms. The van der Waals surface area contributed by atoms with E-state index in [4.69, 9.17) is 53.1 Å². The normalized spacial score (nSPS) is 13.7. The molecule has 0 radical (unpaired) electrons. The topological polar surface area (TPSA) is 286 Å². The number of Topliss-reactive ketones (excluding diaryl/α,β-unsaturated/α-hetero) is 1. The molecule has 1 aromatic heterocycles. The minimum Gasteiger partial charge on any atom is -0.420 e. The average Bonchev–Trinajstić information content (AvgIpc) is 0.846. The molecule has 24 nitrogen and oxygen atoms in total. The number of pyridine rings is 1. The Kier molecular flexibility index (Phi) is 35.4. The van der Waals surface area contributed by atoms with E-state index in [2.05, 4.69) is 25.3 Å². The van der Waals surface area contributed by atoms with Crippen LogP contribution in [0.2, 0.25) is 0 Å². The van der Waals surface area contributed by atoms with Gasteiger partial charge in [0.25, 0.3) is 0 Å². The fourth-order valence-corrected chi connectivity index (χ4v) is 10.6. The van der Waals surface area contributed by atoms with Crippen molar-refractivity contribution in [3.63, 3.8) is 0 Å². The predicted molar refractivity (Wildman–Crippen MR) is 332 cm³/mol. The zero-order valence-electron chi connectivity index (χ0n) is 53.3. The number of hydrogen-bond acceptors (Lipinski definition) is 21. The Morgan fingerprint density at radius 1 is 0.674 bits per heavy atom. The van der Waals surface area contributed by atoms with Crippen LogP contribution in [0.3, 0.4) is 0 Å². The lowest BCUT2D eigenvalue weighted by Gasteiger charge is -2.38. The summed E-state index contributed by atoms with van der Waals surface area (Å²) in [5.74, 6) is -9.42. The molecule has 3 heterocycles. The summed E-state index contributed by atoms with van der Waals surface area (Å²) in [7, 11) is -3.85. The van der Waals surface area contributed by atoms with E-state index < -0.39 is 51.4 Å². The number of esters is 1. The Morgan fingerprint density at radius 2 is 1.18 bits per heavy atom. The number of nitrogens with two attached hydrogens (primary N) is 1. The molecule has 2 aliphatic heterocycles. The maximum Gasteiger partial charge on any atom is 0.313 e. The lowest BCUT2D eigenvalue weighted by molar-refractivity contribution is -0.136. The van der Waals surface area contributed by atoms with E-state index in [1.807, 2.05) is 52.0 Å². The van der Waals surface area contributed by atoms with Crippen molar-refractivity contribution < 1.29 is 97.3 Å². The molecule has 0 saturated carbocycles. The highest BCUT2D eigenvalue weighted by Gasteiger charge is 2.37. The fraction of sp³-hybridized carbons (Fsp3) is 0.619. The number of sulfonamides is 1. The molecule has 4 N–H and O–H groups in total. The van der Waals surface area contributed by atoms with Crippen LogP contribution in [0, 0.1) is 34.6 Å². The summed E-state index contributed by atoms with van der Waals surface area (Å²) < 4.78 is 141. The summed E-state index contributed by atoms with van der Waals surface area (Å²) in [4.78, 5) is 61.1. The van der Waals surface area contributed by atoms with Crippen molar-refractivity contribution in [2.45, 2.75) is 71.1 Å². The number of aliphatic imine (C=N–C) groups is 1. The van der Waals surface area contributed by atoms with E-state index in [1.165, 1.54) is 10.5 Å². The number of rotatable bonds is 49. The average molecular weight is 1330 g/mol. The number of carbonyl (C=O) groups excluding carboxylic acids is 4. The van der Waals surface area contributed by atoms with Crippen molar-refractivity contribution in [3.05, 3.63) is 77.1 Å². The van der Waals surface area contributed by atoms with E-state index in [1.54, 1.807) is 17.2 Å². The molecule has 1 fully saturated rings. The second kappa shape index (κ2) is 42.4. The SMILES string of the molecule is CCCN(CCCNC(=O)CC(C)(C)C)C(=O)C1=Cc2ccc(-c3cncc(S(=O)(=O)N4CC(CNCC(=O)CCOCCOCCOCCOCCOCCOCCOCCOCCOCCOCCC(=O)Oc5c(F)c(F)cc(F)c5F)C4)c3)cc2N=C(N)C1. The van der Waals surface area contributed by atoms with Crippen LogP contribution in [0.1, 0.15) is 71.8 Å². The number of ether oxygens (including phenoxy) is 11. The Balaban J connectivity index is 0.780. The predicted octanol–water partition coefficient (Wildman–Crippen LogP) is 5.59. The third-order valence-corrected chi connectivity index (χ3v) is 15.4. The Morgan fingerprint density at radius 3 is 1.70 bits per heavy atom. The number of fused-ring (bicyclic) bond motifs is 1. The Labute approximate surface area is 536 Å². The molecule has 5 rings (SSSR count). The molecule has 2 aromatic carbocycles. The molecule has 92 heavy (non-hydrogen) atoms. The van der Waals surface area contributed by atoms with Gasteiger partial charge in [0, 0.05) is 93.7 Å². The molecule has 2 amide bonds. The van der Waals surface area contributed by atoms with Crippen LogP contribution in [-0.2, 0) is 76.6 Å². The first-order chi connectivity index (χ1) is 44.2. The number of amidine groups is 1. The third kappa shape index (κ3) is 29.2. The van der Waals surface area contributed by atoms with Crippen molar-refractivity contribution in [1.82, 2.24) is 24.8 Å². The van der Waals surface area contributed by atoms with Crippen molar-refractivity contribution in [1.29, 1.82) is 0 Å². The number of halogens is 4. The monoisotopic (exact) mass is 1330 g/mol. The van der Waals surface area contributed by atoms with Crippen molar-refractivity contribution in [3.8, 4) is 16.9 Å². The quantitative estimate of drug-likeness (QED) is 0.0204. The van der Waals surface area contributed by atoms with Gasteiger partial charge >= 0.3 is 5.97 Å². The van der Waals surface area contributed by atoms with E-state index >= 15 is 0 Å². The van der Waals surface area contributed by atoms with Gasteiger partial charge in [-0.1, -0.05) is 39.8 Å². The molecule has 0 spiro atoms. The molecule has 0 aliphatic carbocycles. The number of ketones is 1. The summed E-state index contributed by atoms with van der Waals surface area (Å²) in [6.07, 6.45) is 6.51. The van der Waals surface area contributed by atoms with Crippen LogP contribution >= 0.6 is 0 Å². The van der Waals surface area contributed by atoms with Gasteiger partial charge in [-0.3, -0.25) is 24.2 Å². The number of benzene rings is 2. The first-order valence-corrected chi connectivity index (χ1v) is 32.4. The molecule has 2 aliphatic rings. The number of amides is 2. The molecule has 29 heteroatoms. The lowest BCUT2D eigenvalue weighted by atomic mass is 9.92. The van der Waals surface area contributed by atoms with Crippen LogP contribution in [0.15, 0.2) is 58.2 Å². The second-order valence-corrected chi connectivity index (χ2v) is 24.6. The van der Waals surface area contributed by atoms with Crippen LogP contribution in [-0.4, -0.2) is 230 Å². The van der Waals surface area contributed by atoms with Gasteiger partial charge in [0.05, 0.1) is 151 Å². The fourth-order valence-electron chi connectivity index (χ4n) is 8.98. The molecular weight excluding hydrogens is 1230 g/mol. The summed E-state index contributed by atoms with van der Waals surface area (Å²) >= 11 is 0. The minimum atomic E-state index is -3.85. The number of nitrogens with zero attached hydrogens (tertiary/aromatic N) is 4. The van der Waals surface area contributed by atoms with E-state index in [9.17, 15) is 45.2 Å². The zero-order chi connectivity index (χ0) is 66.6. The minimum absolute atomic E-state index is 0.0114. The van der Waals surface area contributed by atoms with Crippen LogP contribution in [0.4, 0.5) is 23.2 Å². The summed E-state index contributed by atoms with van der Waals surface area (Å²) in [6.45, 7) is 17.1. The summed E-state index contributed by atoms with van der Waals surface area (Å²) in [5.41, 5.74) is 9.27. The number of aromatic nitrogens is 1. The van der Waals surface area contributed by atoms with Crippen LogP contribution < -0.4 is 21.1 Å². The maximum absolute atomic E-state index is 13.8. The van der Waals surface area contributed by atoms with Crippen molar-refractivity contribution in [2.24, 2.45) is 22.1 Å². The maximum atomic E-state index is 13.8. The second-order valence-electron chi connectivity index (χ2n) is 22.6. The smallest absolute Gasteiger partial charge is 0.313 e.